The van der Waals surface area contributed by atoms with Crippen molar-refractivity contribution in [1.82, 2.24) is 5.32 Å². The van der Waals surface area contributed by atoms with Crippen LogP contribution in [0.4, 0.5) is 0 Å². The molecular formula is C15H23NO2. The Morgan fingerprint density at radius 3 is 2.67 bits per heavy atom. The lowest BCUT2D eigenvalue weighted by molar-refractivity contribution is 0.00464. The van der Waals surface area contributed by atoms with E-state index in [0.717, 1.165) is 43.5 Å². The Morgan fingerprint density at radius 1 is 1.22 bits per heavy atom. The van der Waals surface area contributed by atoms with E-state index in [0.29, 0.717) is 6.54 Å². The Labute approximate surface area is 109 Å². The van der Waals surface area contributed by atoms with Crippen LogP contribution < -0.4 is 10.1 Å². The summed E-state index contributed by atoms with van der Waals surface area (Å²) >= 11 is 0. The van der Waals surface area contributed by atoms with Crippen LogP contribution in [0.15, 0.2) is 24.3 Å². The van der Waals surface area contributed by atoms with E-state index in [4.69, 9.17) is 4.74 Å². The highest BCUT2D eigenvalue weighted by Crippen LogP contribution is 2.27. The van der Waals surface area contributed by atoms with E-state index in [2.05, 4.69) is 11.4 Å². The predicted molar refractivity (Wildman–Crippen MR) is 72.7 cm³/mol. The molecule has 0 unspecified atom stereocenters. The molecule has 0 radical (unpaired) electrons. The van der Waals surface area contributed by atoms with Gasteiger partial charge in [-0.05, 0) is 18.9 Å². The zero-order valence-corrected chi connectivity index (χ0v) is 11.1. The third-order valence-corrected chi connectivity index (χ3v) is 3.75. The quantitative estimate of drug-likeness (QED) is 0.842. The van der Waals surface area contributed by atoms with Gasteiger partial charge in [0.25, 0.3) is 0 Å². The topological polar surface area (TPSA) is 41.5 Å². The molecule has 18 heavy (non-hydrogen) atoms. The summed E-state index contributed by atoms with van der Waals surface area (Å²) in [5.41, 5.74) is 0.639. The molecule has 1 saturated carbocycles. The Balaban J connectivity index is 1.84. The average Bonchev–Trinajstić information content (AvgIpc) is 2.40. The summed E-state index contributed by atoms with van der Waals surface area (Å²) in [6.45, 7) is 1.41. The molecule has 3 nitrogen and oxygen atoms in total. The Hall–Kier alpha value is -1.06. The van der Waals surface area contributed by atoms with E-state index in [1.54, 1.807) is 7.11 Å². The molecule has 1 aromatic rings. The van der Waals surface area contributed by atoms with E-state index >= 15 is 0 Å². The summed E-state index contributed by atoms with van der Waals surface area (Å²) in [5.74, 6) is 0.903. The molecule has 100 valence electrons. The van der Waals surface area contributed by atoms with Crippen LogP contribution >= 0.6 is 0 Å². The van der Waals surface area contributed by atoms with Gasteiger partial charge in [-0.25, -0.2) is 0 Å². The van der Waals surface area contributed by atoms with Crippen molar-refractivity contribution in [2.24, 2.45) is 0 Å². The molecular weight excluding hydrogens is 226 g/mol. The first kappa shape index (κ1) is 13.4. The fraction of sp³-hybridized carbons (Fsp3) is 0.600. The van der Waals surface area contributed by atoms with Crippen LogP contribution in [0, 0.1) is 0 Å². The first-order valence-corrected chi connectivity index (χ1v) is 6.78. The van der Waals surface area contributed by atoms with Gasteiger partial charge < -0.3 is 15.2 Å². The second kappa shape index (κ2) is 6.21. The normalized spacial score (nSPS) is 18.6. The van der Waals surface area contributed by atoms with Crippen molar-refractivity contribution in [3.63, 3.8) is 0 Å². The molecule has 0 aliphatic heterocycles. The van der Waals surface area contributed by atoms with Gasteiger partial charge in [0.15, 0.2) is 0 Å². The molecule has 1 aromatic carbocycles. The van der Waals surface area contributed by atoms with Gasteiger partial charge in [-0.3, -0.25) is 0 Å². The summed E-state index contributed by atoms with van der Waals surface area (Å²) in [7, 11) is 1.69. The summed E-state index contributed by atoms with van der Waals surface area (Å²) in [6.07, 6.45) is 5.40. The lowest BCUT2D eigenvalue weighted by atomic mass is 9.85. The summed E-state index contributed by atoms with van der Waals surface area (Å²) < 4.78 is 5.31. The number of benzene rings is 1. The van der Waals surface area contributed by atoms with Crippen LogP contribution in [-0.2, 0) is 6.54 Å². The number of ether oxygens (including phenoxy) is 1. The van der Waals surface area contributed by atoms with Crippen molar-refractivity contribution in [3.8, 4) is 5.75 Å². The number of rotatable bonds is 5. The van der Waals surface area contributed by atoms with Gasteiger partial charge in [-0.1, -0.05) is 37.5 Å². The smallest absolute Gasteiger partial charge is 0.123 e. The van der Waals surface area contributed by atoms with Gasteiger partial charge >= 0.3 is 0 Å². The fourth-order valence-electron chi connectivity index (χ4n) is 2.67. The largest absolute Gasteiger partial charge is 0.496 e. The van der Waals surface area contributed by atoms with Gasteiger partial charge in [0.2, 0.25) is 0 Å². The minimum atomic E-state index is -0.500. The van der Waals surface area contributed by atoms with Crippen LogP contribution in [0.25, 0.3) is 0 Å². The Bertz CT molecular complexity index is 373. The van der Waals surface area contributed by atoms with Crippen LogP contribution in [0.2, 0.25) is 0 Å². The van der Waals surface area contributed by atoms with Crippen LogP contribution in [-0.4, -0.2) is 24.4 Å². The van der Waals surface area contributed by atoms with Crippen molar-refractivity contribution in [2.45, 2.75) is 44.2 Å². The number of hydrogen-bond donors (Lipinski definition) is 2. The third-order valence-electron chi connectivity index (χ3n) is 3.75. The average molecular weight is 249 g/mol. The van der Waals surface area contributed by atoms with Gasteiger partial charge in [0.1, 0.15) is 5.75 Å². The second-order valence-electron chi connectivity index (χ2n) is 5.20. The Kier molecular flexibility index (Phi) is 4.61. The van der Waals surface area contributed by atoms with Crippen molar-refractivity contribution in [3.05, 3.63) is 29.8 Å². The zero-order valence-electron chi connectivity index (χ0n) is 11.1. The monoisotopic (exact) mass is 249 g/mol. The second-order valence-corrected chi connectivity index (χ2v) is 5.20. The number of aliphatic hydroxyl groups is 1. The van der Waals surface area contributed by atoms with Gasteiger partial charge in [-0.15, -0.1) is 0 Å². The molecule has 0 bridgehead atoms. The van der Waals surface area contributed by atoms with Crippen LogP contribution in [0.3, 0.4) is 0 Å². The molecule has 1 fully saturated rings. The molecule has 1 aliphatic carbocycles. The number of methoxy groups -OCH3 is 1. The Morgan fingerprint density at radius 2 is 1.94 bits per heavy atom. The highest BCUT2D eigenvalue weighted by molar-refractivity contribution is 5.32. The molecule has 2 N–H and O–H groups in total. The highest BCUT2D eigenvalue weighted by Gasteiger charge is 2.28. The minimum absolute atomic E-state index is 0.500. The summed E-state index contributed by atoms with van der Waals surface area (Å²) in [4.78, 5) is 0. The maximum atomic E-state index is 10.4. The van der Waals surface area contributed by atoms with E-state index in [1.165, 1.54) is 6.42 Å². The molecule has 0 aromatic heterocycles. The van der Waals surface area contributed by atoms with Crippen molar-refractivity contribution in [1.29, 1.82) is 0 Å². The molecule has 0 amide bonds. The van der Waals surface area contributed by atoms with E-state index in [-0.39, 0.29) is 0 Å². The third kappa shape index (κ3) is 3.47. The number of nitrogens with one attached hydrogen (secondary N) is 1. The van der Waals surface area contributed by atoms with Crippen molar-refractivity contribution in [2.75, 3.05) is 13.7 Å². The van der Waals surface area contributed by atoms with Gasteiger partial charge in [0, 0.05) is 18.7 Å². The van der Waals surface area contributed by atoms with Crippen molar-refractivity contribution < 1.29 is 9.84 Å². The first-order valence-electron chi connectivity index (χ1n) is 6.78. The van der Waals surface area contributed by atoms with E-state index < -0.39 is 5.60 Å². The van der Waals surface area contributed by atoms with E-state index in [9.17, 15) is 5.11 Å². The van der Waals surface area contributed by atoms with Crippen LogP contribution in [0.1, 0.15) is 37.7 Å². The molecule has 1 aliphatic rings. The standard InChI is InChI=1S/C15H23NO2/c1-18-14-8-4-3-7-13(14)11-16-12-15(17)9-5-2-6-10-15/h3-4,7-8,16-17H,2,5-6,9-12H2,1H3. The maximum Gasteiger partial charge on any atom is 0.123 e. The SMILES string of the molecule is COc1ccccc1CNCC1(O)CCCCC1. The molecule has 3 heteroatoms. The van der Waals surface area contributed by atoms with Gasteiger partial charge in [0.05, 0.1) is 12.7 Å². The molecule has 2 rings (SSSR count). The van der Waals surface area contributed by atoms with Crippen LogP contribution in [0.5, 0.6) is 5.75 Å². The fourth-order valence-corrected chi connectivity index (χ4v) is 2.67. The number of hydrogen-bond acceptors (Lipinski definition) is 3. The van der Waals surface area contributed by atoms with Gasteiger partial charge in [-0.2, -0.15) is 0 Å². The molecule has 0 saturated heterocycles. The molecule has 0 spiro atoms. The number of para-hydroxylation sites is 1. The summed E-state index contributed by atoms with van der Waals surface area (Å²) in [6, 6.07) is 7.99. The first-order chi connectivity index (χ1) is 8.73. The summed E-state index contributed by atoms with van der Waals surface area (Å²) in [5, 5.41) is 13.7. The minimum Gasteiger partial charge on any atom is -0.496 e. The molecule has 0 atom stereocenters. The van der Waals surface area contributed by atoms with Crippen molar-refractivity contribution >= 4 is 0 Å². The lowest BCUT2D eigenvalue weighted by Crippen LogP contribution is -2.41. The lowest BCUT2D eigenvalue weighted by Gasteiger charge is -2.32. The highest BCUT2D eigenvalue weighted by atomic mass is 16.5. The predicted octanol–water partition coefficient (Wildman–Crippen LogP) is 2.48. The maximum absolute atomic E-state index is 10.4. The molecule has 0 heterocycles. The zero-order chi connectivity index (χ0) is 12.8. The van der Waals surface area contributed by atoms with E-state index in [1.807, 2.05) is 18.2 Å².